The van der Waals surface area contributed by atoms with Gasteiger partial charge in [0.05, 0.1) is 0 Å². The van der Waals surface area contributed by atoms with Crippen molar-refractivity contribution in [2.24, 2.45) is 0 Å². The highest BCUT2D eigenvalue weighted by molar-refractivity contribution is 5.91. The van der Waals surface area contributed by atoms with E-state index in [4.69, 9.17) is 15.9 Å². The first kappa shape index (κ1) is 12.6. The van der Waals surface area contributed by atoms with Crippen LogP contribution in [0.5, 0.6) is 5.75 Å². The summed E-state index contributed by atoms with van der Waals surface area (Å²) >= 11 is 0. The molecule has 0 amide bonds. The van der Waals surface area contributed by atoms with Crippen LogP contribution in [-0.4, -0.2) is 16.2 Å². The normalized spacial score (nSPS) is 8.94. The highest BCUT2D eigenvalue weighted by Crippen LogP contribution is 2.19. The van der Waals surface area contributed by atoms with Gasteiger partial charge in [0, 0.05) is 11.8 Å². The first-order valence-electron chi connectivity index (χ1n) is 4.93. The van der Waals surface area contributed by atoms with Crippen LogP contribution in [0, 0.1) is 0 Å². The fourth-order valence-electron chi connectivity index (χ4n) is 1.11. The number of hydrogen-bond donors (Lipinski definition) is 3. The van der Waals surface area contributed by atoms with E-state index in [1.165, 1.54) is 18.2 Å². The lowest BCUT2D eigenvalue weighted by Gasteiger charge is -1.98. The van der Waals surface area contributed by atoms with Crippen LogP contribution in [0.3, 0.4) is 0 Å². The standard InChI is InChI=1S/C7H7NO3.C6H6/c8-4-1-2-5(7(10)11)6(9)3-4;1-2-4-6-5-3-1/h1-3,9H,8H2,(H,10,11);1-6H. The van der Waals surface area contributed by atoms with Crippen molar-refractivity contribution in [3.05, 3.63) is 60.2 Å². The van der Waals surface area contributed by atoms with E-state index < -0.39 is 5.97 Å². The third-order valence-electron chi connectivity index (χ3n) is 1.92. The average molecular weight is 231 g/mol. The Morgan fingerprint density at radius 2 is 1.47 bits per heavy atom. The summed E-state index contributed by atoms with van der Waals surface area (Å²) in [5.74, 6) is -1.47. The van der Waals surface area contributed by atoms with Gasteiger partial charge in [0.25, 0.3) is 0 Å². The molecule has 0 saturated carbocycles. The van der Waals surface area contributed by atoms with Crippen LogP contribution in [0.15, 0.2) is 54.6 Å². The Morgan fingerprint density at radius 1 is 1.00 bits per heavy atom. The van der Waals surface area contributed by atoms with Gasteiger partial charge < -0.3 is 15.9 Å². The number of carbonyl (C=O) groups is 1. The molecule has 2 rings (SSSR count). The second kappa shape index (κ2) is 6.17. The van der Waals surface area contributed by atoms with E-state index in [9.17, 15) is 4.79 Å². The molecule has 0 aliphatic carbocycles. The van der Waals surface area contributed by atoms with Crippen molar-refractivity contribution < 1.29 is 15.0 Å². The van der Waals surface area contributed by atoms with Crippen LogP contribution < -0.4 is 5.73 Å². The molecule has 0 heterocycles. The van der Waals surface area contributed by atoms with Gasteiger partial charge in [-0.3, -0.25) is 0 Å². The SMILES string of the molecule is Nc1ccc(C(=O)O)c(O)c1.c1ccccc1. The second-order valence-corrected chi connectivity index (χ2v) is 3.24. The van der Waals surface area contributed by atoms with Gasteiger partial charge in [-0.2, -0.15) is 0 Å². The number of nitrogens with two attached hydrogens (primary N) is 1. The summed E-state index contributed by atoms with van der Waals surface area (Å²) in [5, 5.41) is 17.5. The van der Waals surface area contributed by atoms with Crippen LogP contribution in [0.25, 0.3) is 0 Å². The van der Waals surface area contributed by atoms with Gasteiger partial charge in [-0.1, -0.05) is 36.4 Å². The van der Waals surface area contributed by atoms with Gasteiger partial charge in [-0.05, 0) is 12.1 Å². The molecule has 0 aromatic heterocycles. The zero-order chi connectivity index (χ0) is 12.7. The first-order valence-corrected chi connectivity index (χ1v) is 4.93. The first-order chi connectivity index (χ1) is 8.11. The zero-order valence-corrected chi connectivity index (χ0v) is 9.08. The summed E-state index contributed by atoms with van der Waals surface area (Å²) in [5.41, 5.74) is 5.48. The number of nitrogen functional groups attached to an aromatic ring is 1. The molecule has 4 heteroatoms. The molecule has 88 valence electrons. The molecule has 2 aromatic carbocycles. The van der Waals surface area contributed by atoms with E-state index in [1.807, 2.05) is 36.4 Å². The van der Waals surface area contributed by atoms with Gasteiger partial charge >= 0.3 is 5.97 Å². The number of anilines is 1. The molecule has 0 aliphatic heterocycles. The number of aromatic hydroxyl groups is 1. The van der Waals surface area contributed by atoms with E-state index in [1.54, 1.807) is 0 Å². The molecule has 0 saturated heterocycles. The van der Waals surface area contributed by atoms with Crippen molar-refractivity contribution in [1.82, 2.24) is 0 Å². The Bertz CT molecular complexity index is 457. The molecule has 0 fully saturated rings. The van der Waals surface area contributed by atoms with Gasteiger partial charge in [0.2, 0.25) is 0 Å². The van der Waals surface area contributed by atoms with Crippen LogP contribution in [-0.2, 0) is 0 Å². The van der Waals surface area contributed by atoms with E-state index in [0.29, 0.717) is 5.69 Å². The van der Waals surface area contributed by atoms with Crippen LogP contribution in [0.2, 0.25) is 0 Å². The van der Waals surface area contributed by atoms with E-state index in [0.717, 1.165) is 0 Å². The maximum atomic E-state index is 10.3. The number of carboxylic acids is 1. The summed E-state index contributed by atoms with van der Waals surface area (Å²) in [7, 11) is 0. The number of hydrogen-bond acceptors (Lipinski definition) is 3. The number of benzene rings is 2. The molecule has 17 heavy (non-hydrogen) atoms. The van der Waals surface area contributed by atoms with Crippen molar-refractivity contribution in [2.45, 2.75) is 0 Å². The van der Waals surface area contributed by atoms with Crippen molar-refractivity contribution in [2.75, 3.05) is 5.73 Å². The second-order valence-electron chi connectivity index (χ2n) is 3.24. The highest BCUT2D eigenvalue weighted by atomic mass is 16.4. The fraction of sp³-hybridized carbons (Fsp3) is 0. The molecule has 0 bridgehead atoms. The lowest BCUT2D eigenvalue weighted by molar-refractivity contribution is 0.0694. The molecule has 0 radical (unpaired) electrons. The molecule has 2 aromatic rings. The molecule has 4 nitrogen and oxygen atoms in total. The van der Waals surface area contributed by atoms with Crippen molar-refractivity contribution in [3.8, 4) is 5.75 Å². The van der Waals surface area contributed by atoms with Crippen molar-refractivity contribution in [3.63, 3.8) is 0 Å². The smallest absolute Gasteiger partial charge is 0.339 e. The zero-order valence-electron chi connectivity index (χ0n) is 9.08. The predicted molar refractivity (Wildman–Crippen MR) is 65.9 cm³/mol. The van der Waals surface area contributed by atoms with E-state index >= 15 is 0 Å². The van der Waals surface area contributed by atoms with Crippen LogP contribution in [0.1, 0.15) is 10.4 Å². The predicted octanol–water partition coefficient (Wildman–Crippen LogP) is 2.36. The number of rotatable bonds is 1. The maximum Gasteiger partial charge on any atom is 0.339 e. The molecular formula is C13H13NO3. The van der Waals surface area contributed by atoms with Crippen molar-refractivity contribution >= 4 is 11.7 Å². The Morgan fingerprint density at radius 3 is 1.82 bits per heavy atom. The minimum Gasteiger partial charge on any atom is -0.507 e. The summed E-state index contributed by atoms with van der Waals surface area (Å²) in [6.45, 7) is 0. The Kier molecular flexibility index (Phi) is 4.57. The Labute approximate surface area is 98.9 Å². The molecular weight excluding hydrogens is 218 g/mol. The summed E-state index contributed by atoms with van der Waals surface area (Å²) in [4.78, 5) is 10.3. The molecule has 0 unspecified atom stereocenters. The lowest BCUT2D eigenvalue weighted by Crippen LogP contribution is -1.97. The van der Waals surface area contributed by atoms with Crippen LogP contribution >= 0.6 is 0 Å². The Hall–Kier alpha value is -2.49. The maximum absolute atomic E-state index is 10.3. The van der Waals surface area contributed by atoms with Gasteiger partial charge in [-0.15, -0.1) is 0 Å². The van der Waals surface area contributed by atoms with E-state index in [-0.39, 0.29) is 11.3 Å². The van der Waals surface area contributed by atoms with E-state index in [2.05, 4.69) is 0 Å². The third kappa shape index (κ3) is 4.25. The minimum atomic E-state index is -1.16. The minimum absolute atomic E-state index is 0.140. The van der Waals surface area contributed by atoms with Crippen LogP contribution in [0.4, 0.5) is 5.69 Å². The topological polar surface area (TPSA) is 83.6 Å². The summed E-state index contributed by atoms with van der Waals surface area (Å²) < 4.78 is 0. The highest BCUT2D eigenvalue weighted by Gasteiger charge is 2.07. The summed E-state index contributed by atoms with van der Waals surface area (Å²) in [6.07, 6.45) is 0. The Balaban J connectivity index is 0.000000202. The third-order valence-corrected chi connectivity index (χ3v) is 1.92. The number of phenols is 1. The molecule has 4 N–H and O–H groups in total. The van der Waals surface area contributed by atoms with Gasteiger partial charge in [-0.25, -0.2) is 4.79 Å². The average Bonchev–Trinajstić information content (AvgIpc) is 2.31. The lowest BCUT2D eigenvalue weighted by atomic mass is 10.2. The number of carboxylic acid groups (broad SMARTS) is 1. The number of aromatic carboxylic acids is 1. The largest absolute Gasteiger partial charge is 0.507 e. The quantitative estimate of drug-likeness (QED) is 0.658. The molecule has 0 aliphatic rings. The van der Waals surface area contributed by atoms with Gasteiger partial charge in [0.15, 0.2) is 0 Å². The fourth-order valence-corrected chi connectivity index (χ4v) is 1.11. The van der Waals surface area contributed by atoms with Crippen molar-refractivity contribution in [1.29, 1.82) is 0 Å². The monoisotopic (exact) mass is 231 g/mol. The molecule has 0 atom stereocenters. The molecule has 0 spiro atoms. The van der Waals surface area contributed by atoms with Gasteiger partial charge in [0.1, 0.15) is 11.3 Å². The summed E-state index contributed by atoms with van der Waals surface area (Å²) in [6, 6.07) is 15.9.